The van der Waals surface area contributed by atoms with Crippen molar-refractivity contribution in [3.8, 4) is 0 Å². The summed E-state index contributed by atoms with van der Waals surface area (Å²) >= 11 is 0. The Labute approximate surface area is 184 Å². The summed E-state index contributed by atoms with van der Waals surface area (Å²) in [6, 6.07) is 8.18. The van der Waals surface area contributed by atoms with Crippen molar-refractivity contribution in [2.75, 3.05) is 5.73 Å². The monoisotopic (exact) mass is 421 g/mol. The van der Waals surface area contributed by atoms with Gasteiger partial charge in [0, 0.05) is 12.1 Å². The molecule has 3 N–H and O–H groups in total. The molecule has 1 aromatic carbocycles. The SMILES string of the molecule is CC(C)CCC[C@@H](C)NC(=O)c1c(N)n(C2CCCCC2)c2nc3ccccc3nc12. The highest BCUT2D eigenvalue weighted by atomic mass is 16.1. The number of amides is 1. The molecule has 0 radical (unpaired) electrons. The van der Waals surface area contributed by atoms with Gasteiger partial charge in [-0.25, -0.2) is 9.97 Å². The molecule has 166 valence electrons. The van der Waals surface area contributed by atoms with Gasteiger partial charge in [0.15, 0.2) is 5.65 Å². The molecule has 0 saturated heterocycles. The summed E-state index contributed by atoms with van der Waals surface area (Å²) in [5.41, 5.74) is 10.1. The molecule has 3 aromatic rings. The van der Waals surface area contributed by atoms with Crippen molar-refractivity contribution < 1.29 is 4.79 Å². The zero-order valence-electron chi connectivity index (χ0n) is 19.0. The van der Waals surface area contributed by atoms with Gasteiger partial charge in [0.05, 0.1) is 11.0 Å². The van der Waals surface area contributed by atoms with Gasteiger partial charge < -0.3 is 15.6 Å². The van der Waals surface area contributed by atoms with Crippen LogP contribution >= 0.6 is 0 Å². The maximum atomic E-state index is 13.3. The molecule has 4 rings (SSSR count). The fourth-order valence-corrected chi connectivity index (χ4v) is 4.82. The van der Waals surface area contributed by atoms with Crippen molar-refractivity contribution >= 4 is 33.9 Å². The van der Waals surface area contributed by atoms with Gasteiger partial charge in [0.25, 0.3) is 5.91 Å². The number of nitrogen functional groups attached to an aromatic ring is 1. The minimum absolute atomic E-state index is 0.0900. The lowest BCUT2D eigenvalue weighted by Gasteiger charge is -2.25. The summed E-state index contributed by atoms with van der Waals surface area (Å²) < 4.78 is 2.09. The summed E-state index contributed by atoms with van der Waals surface area (Å²) in [5.74, 6) is 1.04. The predicted molar refractivity (Wildman–Crippen MR) is 127 cm³/mol. The lowest BCUT2D eigenvalue weighted by Crippen LogP contribution is -2.33. The zero-order chi connectivity index (χ0) is 22.0. The first-order valence-corrected chi connectivity index (χ1v) is 11.8. The highest BCUT2D eigenvalue weighted by Gasteiger charge is 2.28. The van der Waals surface area contributed by atoms with Crippen LogP contribution in [-0.4, -0.2) is 26.5 Å². The van der Waals surface area contributed by atoms with Crippen LogP contribution in [0.5, 0.6) is 0 Å². The Balaban J connectivity index is 1.72. The number of nitrogens with zero attached hydrogens (tertiary/aromatic N) is 3. The average molecular weight is 422 g/mol. The van der Waals surface area contributed by atoms with Gasteiger partial charge in [-0.15, -0.1) is 0 Å². The Morgan fingerprint density at radius 2 is 1.77 bits per heavy atom. The second-order valence-electron chi connectivity index (χ2n) is 9.51. The molecule has 2 heterocycles. The van der Waals surface area contributed by atoms with Crippen LogP contribution in [0.3, 0.4) is 0 Å². The highest BCUT2D eigenvalue weighted by Crippen LogP contribution is 2.37. The van der Waals surface area contributed by atoms with Gasteiger partial charge in [-0.3, -0.25) is 4.79 Å². The topological polar surface area (TPSA) is 85.8 Å². The molecule has 1 aliphatic rings. The maximum absolute atomic E-state index is 13.3. The van der Waals surface area contributed by atoms with Crippen LogP contribution in [0.2, 0.25) is 0 Å². The van der Waals surface area contributed by atoms with Crippen LogP contribution in [0.15, 0.2) is 24.3 Å². The minimum atomic E-state index is -0.140. The Hall–Kier alpha value is -2.63. The van der Waals surface area contributed by atoms with E-state index in [0.717, 1.165) is 42.4 Å². The quantitative estimate of drug-likeness (QED) is 0.519. The number of hydrogen-bond donors (Lipinski definition) is 2. The molecule has 1 aliphatic carbocycles. The normalized spacial score (nSPS) is 16.3. The van der Waals surface area contributed by atoms with E-state index in [0.29, 0.717) is 22.8 Å². The lowest BCUT2D eigenvalue weighted by atomic mass is 9.95. The second-order valence-corrected chi connectivity index (χ2v) is 9.51. The van der Waals surface area contributed by atoms with E-state index in [1.807, 2.05) is 24.3 Å². The Kier molecular flexibility index (Phi) is 6.44. The molecule has 1 saturated carbocycles. The van der Waals surface area contributed by atoms with E-state index < -0.39 is 0 Å². The molecule has 0 spiro atoms. The molecule has 0 aliphatic heterocycles. The molecular weight excluding hydrogens is 386 g/mol. The number of para-hydroxylation sites is 2. The number of rotatable bonds is 7. The summed E-state index contributed by atoms with van der Waals surface area (Å²) in [4.78, 5) is 23.1. The van der Waals surface area contributed by atoms with Crippen LogP contribution in [0.4, 0.5) is 5.82 Å². The molecule has 6 heteroatoms. The molecule has 2 aromatic heterocycles. The number of anilines is 1. The van der Waals surface area contributed by atoms with E-state index in [9.17, 15) is 4.79 Å². The highest BCUT2D eigenvalue weighted by molar-refractivity contribution is 6.10. The molecule has 6 nitrogen and oxygen atoms in total. The first kappa shape index (κ1) is 21.6. The number of benzene rings is 1. The predicted octanol–water partition coefficient (Wildman–Crippen LogP) is 5.62. The summed E-state index contributed by atoms with van der Waals surface area (Å²) in [6.45, 7) is 6.52. The molecular formula is C25H35N5O. The number of nitrogens with two attached hydrogens (primary N) is 1. The van der Waals surface area contributed by atoms with Gasteiger partial charge in [-0.1, -0.05) is 58.1 Å². The van der Waals surface area contributed by atoms with E-state index in [1.54, 1.807) is 0 Å². The van der Waals surface area contributed by atoms with E-state index >= 15 is 0 Å². The summed E-state index contributed by atoms with van der Waals surface area (Å²) in [7, 11) is 0. The molecule has 1 fully saturated rings. The van der Waals surface area contributed by atoms with Gasteiger partial charge in [-0.2, -0.15) is 0 Å². The van der Waals surface area contributed by atoms with E-state index in [-0.39, 0.29) is 18.0 Å². The van der Waals surface area contributed by atoms with Crippen LogP contribution in [0.25, 0.3) is 22.2 Å². The number of aromatic nitrogens is 3. The van der Waals surface area contributed by atoms with Crippen LogP contribution in [0, 0.1) is 5.92 Å². The van der Waals surface area contributed by atoms with Crippen molar-refractivity contribution in [1.82, 2.24) is 19.9 Å². The van der Waals surface area contributed by atoms with Crippen LogP contribution in [-0.2, 0) is 0 Å². The first-order valence-electron chi connectivity index (χ1n) is 11.8. The van der Waals surface area contributed by atoms with Gasteiger partial charge >= 0.3 is 0 Å². The number of nitrogens with one attached hydrogen (secondary N) is 1. The Morgan fingerprint density at radius 1 is 1.10 bits per heavy atom. The molecule has 31 heavy (non-hydrogen) atoms. The number of carbonyl (C=O) groups is 1. The Morgan fingerprint density at radius 3 is 2.45 bits per heavy atom. The number of fused-ring (bicyclic) bond motifs is 2. The standard InChI is InChI=1S/C25H35N5O/c1-16(2)10-9-11-17(3)27-25(31)21-22-24(29-20-15-8-7-14-19(20)28-22)30(23(21)26)18-12-5-4-6-13-18/h7-8,14-18H,4-6,9-13,26H2,1-3H3,(H,27,31)/t17-/m1/s1. The van der Waals surface area contributed by atoms with Crippen molar-refractivity contribution in [3.05, 3.63) is 29.8 Å². The molecule has 0 unspecified atom stereocenters. The van der Waals surface area contributed by atoms with E-state index in [2.05, 4.69) is 30.7 Å². The molecule has 1 amide bonds. The van der Waals surface area contributed by atoms with Crippen molar-refractivity contribution in [3.63, 3.8) is 0 Å². The summed E-state index contributed by atoms with van der Waals surface area (Å²) in [5, 5.41) is 3.17. The minimum Gasteiger partial charge on any atom is -0.384 e. The van der Waals surface area contributed by atoms with Crippen molar-refractivity contribution in [1.29, 1.82) is 0 Å². The summed E-state index contributed by atoms with van der Waals surface area (Å²) in [6.07, 6.45) is 8.97. The third-order valence-electron chi connectivity index (χ3n) is 6.50. The molecule has 1 atom stereocenters. The number of carbonyl (C=O) groups excluding carboxylic acids is 1. The third-order valence-corrected chi connectivity index (χ3v) is 6.50. The van der Waals surface area contributed by atoms with Gasteiger partial charge in [0.2, 0.25) is 0 Å². The number of hydrogen-bond acceptors (Lipinski definition) is 4. The smallest absolute Gasteiger partial charge is 0.257 e. The maximum Gasteiger partial charge on any atom is 0.257 e. The fourth-order valence-electron chi connectivity index (χ4n) is 4.82. The average Bonchev–Trinajstić information content (AvgIpc) is 3.03. The van der Waals surface area contributed by atoms with Crippen LogP contribution in [0.1, 0.15) is 88.5 Å². The van der Waals surface area contributed by atoms with Crippen molar-refractivity contribution in [2.24, 2.45) is 5.92 Å². The van der Waals surface area contributed by atoms with E-state index in [1.165, 1.54) is 25.7 Å². The second kappa shape index (κ2) is 9.25. The van der Waals surface area contributed by atoms with Gasteiger partial charge in [0.1, 0.15) is 16.9 Å². The zero-order valence-corrected chi connectivity index (χ0v) is 19.0. The van der Waals surface area contributed by atoms with Gasteiger partial charge in [-0.05, 0) is 44.2 Å². The lowest BCUT2D eigenvalue weighted by molar-refractivity contribution is 0.0940. The van der Waals surface area contributed by atoms with Crippen molar-refractivity contribution in [2.45, 2.75) is 84.2 Å². The largest absolute Gasteiger partial charge is 0.384 e. The van der Waals surface area contributed by atoms with Crippen LogP contribution < -0.4 is 11.1 Å². The fraction of sp³-hybridized carbons (Fsp3) is 0.560. The Bertz CT molecular complexity index is 1060. The first-order chi connectivity index (χ1) is 15.0. The molecule has 0 bridgehead atoms. The van der Waals surface area contributed by atoms with E-state index in [4.69, 9.17) is 15.7 Å². The third kappa shape index (κ3) is 4.53.